The normalized spacial score (nSPS) is 12.1. The van der Waals surface area contributed by atoms with Gasteiger partial charge in [0.2, 0.25) is 0 Å². The highest BCUT2D eigenvalue weighted by Gasteiger charge is 2.21. The Morgan fingerprint density at radius 3 is 2.71 bits per heavy atom. The number of benzene rings is 1. The standard InChI is InChI=1S/C19H27N3OS/c1-5-23-16-9-6-8-15(12-16)13-21-18(20-4)22-14-19(2,3)17-10-7-11-24-17/h6-12H,5,13-14H2,1-4H3,(H2,20,21,22). The Morgan fingerprint density at radius 2 is 2.04 bits per heavy atom. The molecule has 0 aliphatic rings. The molecule has 0 saturated carbocycles. The molecule has 4 nitrogen and oxygen atoms in total. The molecule has 0 unspecified atom stereocenters. The van der Waals surface area contributed by atoms with E-state index in [1.807, 2.05) is 19.1 Å². The number of aliphatic imine (C=N–C) groups is 1. The molecule has 2 N–H and O–H groups in total. The zero-order valence-corrected chi connectivity index (χ0v) is 15.7. The molecule has 0 amide bonds. The fourth-order valence-electron chi connectivity index (χ4n) is 2.37. The molecular formula is C19H27N3OS. The molecule has 0 saturated heterocycles. The van der Waals surface area contributed by atoms with Crippen molar-refractivity contribution in [3.8, 4) is 5.75 Å². The number of rotatable bonds is 7. The first kappa shape index (κ1) is 18.3. The van der Waals surface area contributed by atoms with Crippen molar-refractivity contribution in [1.29, 1.82) is 0 Å². The van der Waals surface area contributed by atoms with Crippen molar-refractivity contribution >= 4 is 17.3 Å². The van der Waals surface area contributed by atoms with E-state index in [0.29, 0.717) is 13.2 Å². The molecule has 0 bridgehead atoms. The molecular weight excluding hydrogens is 318 g/mol. The summed E-state index contributed by atoms with van der Waals surface area (Å²) in [5.41, 5.74) is 1.24. The Hall–Kier alpha value is -2.01. The number of hydrogen-bond donors (Lipinski definition) is 2. The largest absolute Gasteiger partial charge is 0.494 e. The van der Waals surface area contributed by atoms with Crippen molar-refractivity contribution in [3.05, 3.63) is 52.2 Å². The van der Waals surface area contributed by atoms with E-state index in [1.54, 1.807) is 18.4 Å². The predicted octanol–water partition coefficient (Wildman–Crippen LogP) is 3.79. The van der Waals surface area contributed by atoms with Gasteiger partial charge in [0, 0.05) is 30.4 Å². The molecule has 1 heterocycles. The van der Waals surface area contributed by atoms with Gasteiger partial charge in [-0.2, -0.15) is 0 Å². The van der Waals surface area contributed by atoms with Crippen molar-refractivity contribution < 1.29 is 4.74 Å². The molecule has 0 aliphatic heterocycles. The highest BCUT2D eigenvalue weighted by molar-refractivity contribution is 7.10. The van der Waals surface area contributed by atoms with Gasteiger partial charge in [-0.15, -0.1) is 11.3 Å². The van der Waals surface area contributed by atoms with Gasteiger partial charge in [0.25, 0.3) is 0 Å². The first-order valence-electron chi connectivity index (χ1n) is 8.25. The van der Waals surface area contributed by atoms with Gasteiger partial charge >= 0.3 is 0 Å². The summed E-state index contributed by atoms with van der Waals surface area (Å²) in [5, 5.41) is 8.90. The maximum atomic E-state index is 5.54. The summed E-state index contributed by atoms with van der Waals surface area (Å²) in [4.78, 5) is 5.68. The van der Waals surface area contributed by atoms with E-state index in [4.69, 9.17) is 4.74 Å². The third-order valence-corrected chi connectivity index (χ3v) is 5.01. The second-order valence-corrected chi connectivity index (χ2v) is 7.17. The minimum absolute atomic E-state index is 0.0701. The average molecular weight is 346 g/mol. The van der Waals surface area contributed by atoms with Crippen LogP contribution in [0.3, 0.4) is 0 Å². The number of guanidine groups is 1. The molecule has 0 radical (unpaired) electrons. The predicted molar refractivity (Wildman–Crippen MR) is 103 cm³/mol. The number of thiophene rings is 1. The monoisotopic (exact) mass is 345 g/mol. The third kappa shape index (κ3) is 5.27. The lowest BCUT2D eigenvalue weighted by atomic mass is 9.91. The second kappa shape index (κ2) is 8.73. The van der Waals surface area contributed by atoms with E-state index in [1.165, 1.54) is 10.4 Å². The Bertz CT molecular complexity index is 650. The quantitative estimate of drug-likeness (QED) is 0.593. The molecule has 0 spiro atoms. The van der Waals surface area contributed by atoms with Crippen LogP contribution in [0.2, 0.25) is 0 Å². The van der Waals surface area contributed by atoms with Crippen LogP contribution in [0.1, 0.15) is 31.2 Å². The Kier molecular flexibility index (Phi) is 6.67. The molecule has 24 heavy (non-hydrogen) atoms. The van der Waals surface area contributed by atoms with Gasteiger partial charge < -0.3 is 15.4 Å². The van der Waals surface area contributed by atoms with Crippen molar-refractivity contribution in [1.82, 2.24) is 10.6 Å². The first-order valence-corrected chi connectivity index (χ1v) is 9.13. The van der Waals surface area contributed by atoms with E-state index in [2.05, 4.69) is 59.1 Å². The fraction of sp³-hybridized carbons (Fsp3) is 0.421. The van der Waals surface area contributed by atoms with Crippen LogP contribution in [0.5, 0.6) is 5.75 Å². The third-order valence-electron chi connectivity index (χ3n) is 3.78. The van der Waals surface area contributed by atoms with E-state index >= 15 is 0 Å². The highest BCUT2D eigenvalue weighted by Crippen LogP contribution is 2.26. The number of ether oxygens (including phenoxy) is 1. The molecule has 0 fully saturated rings. The van der Waals surface area contributed by atoms with E-state index < -0.39 is 0 Å². The summed E-state index contributed by atoms with van der Waals surface area (Å²) in [6.45, 7) is 8.69. The van der Waals surface area contributed by atoms with Crippen molar-refractivity contribution in [2.24, 2.45) is 4.99 Å². The van der Waals surface area contributed by atoms with Crippen LogP contribution in [0.4, 0.5) is 0 Å². The molecule has 5 heteroatoms. The minimum Gasteiger partial charge on any atom is -0.494 e. The van der Waals surface area contributed by atoms with Gasteiger partial charge in [-0.1, -0.05) is 32.0 Å². The van der Waals surface area contributed by atoms with Crippen molar-refractivity contribution in [2.45, 2.75) is 32.7 Å². The summed E-state index contributed by atoms with van der Waals surface area (Å²) in [6.07, 6.45) is 0. The molecule has 130 valence electrons. The molecule has 1 aromatic heterocycles. The first-order chi connectivity index (χ1) is 11.5. The molecule has 2 aromatic rings. The number of nitrogens with one attached hydrogen (secondary N) is 2. The zero-order chi connectivity index (χ0) is 17.4. The summed E-state index contributed by atoms with van der Waals surface area (Å²) >= 11 is 1.79. The van der Waals surface area contributed by atoms with Gasteiger partial charge in [0.1, 0.15) is 5.75 Å². The van der Waals surface area contributed by atoms with Gasteiger partial charge in [0.15, 0.2) is 5.96 Å². The summed E-state index contributed by atoms with van der Waals surface area (Å²) in [6, 6.07) is 12.4. The van der Waals surface area contributed by atoms with Gasteiger partial charge in [0.05, 0.1) is 6.61 Å². The maximum Gasteiger partial charge on any atom is 0.191 e. The lowest BCUT2D eigenvalue weighted by molar-refractivity contribution is 0.340. The lowest BCUT2D eigenvalue weighted by Crippen LogP contribution is -2.42. The summed E-state index contributed by atoms with van der Waals surface area (Å²) in [7, 11) is 1.80. The number of nitrogens with zero attached hydrogens (tertiary/aromatic N) is 1. The summed E-state index contributed by atoms with van der Waals surface area (Å²) < 4.78 is 5.54. The van der Waals surface area contributed by atoms with Crippen LogP contribution in [0.25, 0.3) is 0 Å². The van der Waals surface area contributed by atoms with Gasteiger partial charge in [-0.25, -0.2) is 0 Å². The smallest absolute Gasteiger partial charge is 0.191 e. The van der Waals surface area contributed by atoms with E-state index in [-0.39, 0.29) is 5.41 Å². The van der Waals surface area contributed by atoms with Crippen molar-refractivity contribution in [3.63, 3.8) is 0 Å². The highest BCUT2D eigenvalue weighted by atomic mass is 32.1. The fourth-order valence-corrected chi connectivity index (χ4v) is 3.23. The van der Waals surface area contributed by atoms with E-state index in [9.17, 15) is 0 Å². The molecule has 2 rings (SSSR count). The maximum absolute atomic E-state index is 5.54. The number of hydrogen-bond acceptors (Lipinski definition) is 3. The second-order valence-electron chi connectivity index (χ2n) is 6.22. The minimum atomic E-state index is 0.0701. The Morgan fingerprint density at radius 1 is 1.21 bits per heavy atom. The molecule has 0 atom stereocenters. The van der Waals surface area contributed by atoms with Gasteiger partial charge in [-0.05, 0) is 36.1 Å². The van der Waals surface area contributed by atoms with Crippen LogP contribution in [0.15, 0.2) is 46.8 Å². The SMILES string of the molecule is CCOc1cccc(CNC(=NC)NCC(C)(C)c2cccs2)c1. The summed E-state index contributed by atoms with van der Waals surface area (Å²) in [5.74, 6) is 1.71. The molecule has 1 aromatic carbocycles. The Labute approximate surface area is 149 Å². The van der Waals surface area contributed by atoms with Crippen LogP contribution < -0.4 is 15.4 Å². The molecule has 0 aliphatic carbocycles. The van der Waals surface area contributed by atoms with E-state index in [0.717, 1.165) is 18.3 Å². The van der Waals surface area contributed by atoms with Crippen LogP contribution >= 0.6 is 11.3 Å². The van der Waals surface area contributed by atoms with Crippen LogP contribution in [0, 0.1) is 0 Å². The Balaban J connectivity index is 1.88. The lowest BCUT2D eigenvalue weighted by Gasteiger charge is -2.25. The average Bonchev–Trinajstić information content (AvgIpc) is 3.11. The van der Waals surface area contributed by atoms with Crippen LogP contribution in [-0.4, -0.2) is 26.2 Å². The van der Waals surface area contributed by atoms with Crippen LogP contribution in [-0.2, 0) is 12.0 Å². The zero-order valence-electron chi connectivity index (χ0n) is 14.9. The van der Waals surface area contributed by atoms with Crippen molar-refractivity contribution in [2.75, 3.05) is 20.2 Å². The van der Waals surface area contributed by atoms with Gasteiger partial charge in [-0.3, -0.25) is 4.99 Å². The topological polar surface area (TPSA) is 45.6 Å².